The van der Waals surface area contributed by atoms with Crippen LogP contribution in [0.3, 0.4) is 0 Å². The summed E-state index contributed by atoms with van der Waals surface area (Å²) in [6.45, 7) is 0.466. The Balaban J connectivity index is 1.67. The summed E-state index contributed by atoms with van der Waals surface area (Å²) in [5.41, 5.74) is 1.33. The van der Waals surface area contributed by atoms with Gasteiger partial charge in [-0.15, -0.1) is 5.10 Å². The van der Waals surface area contributed by atoms with Gasteiger partial charge in [-0.05, 0) is 42.0 Å². The maximum atomic E-state index is 13.2. The van der Waals surface area contributed by atoms with Crippen molar-refractivity contribution in [3.63, 3.8) is 0 Å². The monoisotopic (exact) mass is 362 g/mol. The highest BCUT2D eigenvalue weighted by atomic mass is 19.1. The molecule has 4 rings (SSSR count). The lowest BCUT2D eigenvalue weighted by molar-refractivity contribution is 0.0947. The number of carbonyl (C=O) groups is 1. The molecule has 2 aromatic carbocycles. The molecule has 2 aromatic heterocycles. The van der Waals surface area contributed by atoms with E-state index >= 15 is 0 Å². The molecule has 27 heavy (non-hydrogen) atoms. The largest absolute Gasteiger partial charge is 0.461 e. The molecule has 0 atom stereocenters. The fourth-order valence-electron chi connectivity index (χ4n) is 2.57. The third kappa shape index (κ3) is 3.62. The molecule has 0 radical (unpaired) electrons. The number of aromatic nitrogens is 3. The molecule has 0 aliphatic rings. The van der Waals surface area contributed by atoms with Crippen LogP contribution in [0.2, 0.25) is 0 Å². The zero-order chi connectivity index (χ0) is 18.6. The van der Waals surface area contributed by atoms with E-state index in [-0.39, 0.29) is 11.8 Å². The van der Waals surface area contributed by atoms with Gasteiger partial charge in [-0.2, -0.15) is 9.67 Å². The molecule has 0 aliphatic carbocycles. The van der Waals surface area contributed by atoms with Gasteiger partial charge >= 0.3 is 0 Å². The van der Waals surface area contributed by atoms with Gasteiger partial charge in [0.25, 0.3) is 5.91 Å². The minimum atomic E-state index is -0.420. The van der Waals surface area contributed by atoms with Gasteiger partial charge in [0, 0.05) is 12.1 Å². The number of rotatable bonds is 5. The van der Waals surface area contributed by atoms with E-state index in [1.807, 2.05) is 30.3 Å². The zero-order valence-corrected chi connectivity index (χ0v) is 14.2. The van der Waals surface area contributed by atoms with E-state index in [0.29, 0.717) is 17.9 Å². The van der Waals surface area contributed by atoms with Crippen molar-refractivity contribution in [3.8, 4) is 11.6 Å². The highest BCUT2D eigenvalue weighted by molar-refractivity contribution is 5.97. The Hall–Kier alpha value is -3.74. The summed E-state index contributed by atoms with van der Waals surface area (Å²) < 4.78 is 19.6. The van der Waals surface area contributed by atoms with Crippen LogP contribution in [-0.2, 0) is 6.54 Å². The molecule has 4 aromatic rings. The first kappa shape index (κ1) is 16.7. The standard InChI is InChI=1S/C20H15FN4O2/c21-16-10-8-15(9-11-16)19(26)25-20(22-13-14-5-2-1-3-6-14)23-18(24-25)17-7-4-12-27-17/h1-12H,13H2,(H,22,23,24). The van der Waals surface area contributed by atoms with Crippen molar-refractivity contribution in [2.45, 2.75) is 6.54 Å². The number of benzene rings is 2. The fourth-order valence-corrected chi connectivity index (χ4v) is 2.57. The summed E-state index contributed by atoms with van der Waals surface area (Å²) in [6.07, 6.45) is 1.51. The van der Waals surface area contributed by atoms with Crippen LogP contribution in [0.25, 0.3) is 11.6 Å². The van der Waals surface area contributed by atoms with Gasteiger partial charge in [0.2, 0.25) is 11.8 Å². The summed E-state index contributed by atoms with van der Waals surface area (Å²) in [6, 6.07) is 18.4. The number of hydrogen-bond acceptors (Lipinski definition) is 5. The molecule has 1 N–H and O–H groups in total. The summed E-state index contributed by atoms with van der Waals surface area (Å²) in [5, 5.41) is 7.40. The van der Waals surface area contributed by atoms with Gasteiger partial charge in [0.1, 0.15) is 5.82 Å². The topological polar surface area (TPSA) is 73.0 Å². The van der Waals surface area contributed by atoms with E-state index < -0.39 is 11.7 Å². The maximum Gasteiger partial charge on any atom is 0.281 e. The Labute approximate surface area is 154 Å². The van der Waals surface area contributed by atoms with Crippen molar-refractivity contribution in [2.24, 2.45) is 0 Å². The second-order valence-corrected chi connectivity index (χ2v) is 5.80. The third-order valence-electron chi connectivity index (χ3n) is 3.93. The minimum Gasteiger partial charge on any atom is -0.461 e. The summed E-state index contributed by atoms with van der Waals surface area (Å²) >= 11 is 0. The van der Waals surface area contributed by atoms with Crippen molar-refractivity contribution in [2.75, 3.05) is 5.32 Å². The van der Waals surface area contributed by atoms with Crippen LogP contribution in [0.15, 0.2) is 77.4 Å². The lowest BCUT2D eigenvalue weighted by atomic mass is 10.2. The predicted molar refractivity (Wildman–Crippen MR) is 97.6 cm³/mol. The van der Waals surface area contributed by atoms with E-state index in [2.05, 4.69) is 15.4 Å². The number of halogens is 1. The number of nitrogens with zero attached hydrogens (tertiary/aromatic N) is 3. The Morgan fingerprint density at radius 1 is 1.04 bits per heavy atom. The molecule has 0 amide bonds. The molecule has 0 saturated heterocycles. The van der Waals surface area contributed by atoms with E-state index in [4.69, 9.17) is 4.42 Å². The Morgan fingerprint density at radius 3 is 2.52 bits per heavy atom. The molecular formula is C20H15FN4O2. The zero-order valence-electron chi connectivity index (χ0n) is 14.2. The van der Waals surface area contributed by atoms with Gasteiger partial charge in [-0.25, -0.2) is 4.39 Å². The molecule has 0 unspecified atom stereocenters. The van der Waals surface area contributed by atoms with E-state index in [1.54, 1.807) is 12.1 Å². The number of carbonyl (C=O) groups excluding carboxylic acids is 1. The van der Waals surface area contributed by atoms with Crippen LogP contribution in [-0.4, -0.2) is 20.7 Å². The first-order valence-electron chi connectivity index (χ1n) is 8.30. The second-order valence-electron chi connectivity index (χ2n) is 5.80. The van der Waals surface area contributed by atoms with Crippen molar-refractivity contribution in [1.82, 2.24) is 14.8 Å². The Kier molecular flexibility index (Phi) is 4.49. The molecule has 134 valence electrons. The van der Waals surface area contributed by atoms with E-state index in [9.17, 15) is 9.18 Å². The average Bonchev–Trinajstić information content (AvgIpc) is 3.37. The lowest BCUT2D eigenvalue weighted by Crippen LogP contribution is -2.17. The molecule has 2 heterocycles. The van der Waals surface area contributed by atoms with Crippen molar-refractivity contribution < 1.29 is 13.6 Å². The van der Waals surface area contributed by atoms with Crippen LogP contribution in [0.1, 0.15) is 15.9 Å². The van der Waals surface area contributed by atoms with Crippen LogP contribution in [0, 0.1) is 5.82 Å². The average molecular weight is 362 g/mol. The highest BCUT2D eigenvalue weighted by Crippen LogP contribution is 2.20. The van der Waals surface area contributed by atoms with Crippen molar-refractivity contribution in [1.29, 1.82) is 0 Å². The minimum absolute atomic E-state index is 0.277. The molecule has 0 spiro atoms. The Morgan fingerprint density at radius 2 is 1.81 bits per heavy atom. The predicted octanol–water partition coefficient (Wildman–Crippen LogP) is 3.98. The van der Waals surface area contributed by atoms with Gasteiger partial charge < -0.3 is 9.73 Å². The fraction of sp³-hybridized carbons (Fsp3) is 0.0500. The van der Waals surface area contributed by atoms with Crippen molar-refractivity contribution in [3.05, 3.63) is 89.9 Å². The maximum absolute atomic E-state index is 13.2. The summed E-state index contributed by atoms with van der Waals surface area (Å²) in [4.78, 5) is 17.2. The number of hydrogen-bond donors (Lipinski definition) is 1. The SMILES string of the molecule is O=C(c1ccc(F)cc1)n1nc(-c2ccco2)nc1NCc1ccccc1. The molecule has 0 bridgehead atoms. The quantitative estimate of drug-likeness (QED) is 0.581. The molecular weight excluding hydrogens is 347 g/mol. The van der Waals surface area contributed by atoms with Crippen molar-refractivity contribution >= 4 is 11.9 Å². The molecule has 6 nitrogen and oxygen atoms in total. The molecule has 0 fully saturated rings. The van der Waals surface area contributed by atoms with Crippen LogP contribution < -0.4 is 5.32 Å². The third-order valence-corrected chi connectivity index (χ3v) is 3.93. The van der Waals surface area contributed by atoms with Gasteiger partial charge in [0.05, 0.1) is 6.26 Å². The number of furan rings is 1. The van der Waals surface area contributed by atoms with Gasteiger partial charge in [-0.1, -0.05) is 30.3 Å². The lowest BCUT2D eigenvalue weighted by Gasteiger charge is -2.07. The number of nitrogens with one attached hydrogen (secondary N) is 1. The Bertz CT molecular complexity index is 1040. The molecule has 0 aliphatic heterocycles. The van der Waals surface area contributed by atoms with E-state index in [1.165, 1.54) is 30.5 Å². The highest BCUT2D eigenvalue weighted by Gasteiger charge is 2.19. The smallest absolute Gasteiger partial charge is 0.281 e. The molecule has 7 heteroatoms. The molecule has 0 saturated carbocycles. The van der Waals surface area contributed by atoms with E-state index in [0.717, 1.165) is 10.2 Å². The number of anilines is 1. The van der Waals surface area contributed by atoms with Crippen LogP contribution >= 0.6 is 0 Å². The van der Waals surface area contributed by atoms with Gasteiger partial charge in [-0.3, -0.25) is 4.79 Å². The van der Waals surface area contributed by atoms with Gasteiger partial charge in [0.15, 0.2) is 5.76 Å². The second kappa shape index (κ2) is 7.25. The normalized spacial score (nSPS) is 10.7. The summed E-state index contributed by atoms with van der Waals surface area (Å²) in [7, 11) is 0. The first-order chi connectivity index (χ1) is 13.2. The van der Waals surface area contributed by atoms with Crippen LogP contribution in [0.4, 0.5) is 10.3 Å². The first-order valence-corrected chi connectivity index (χ1v) is 8.30. The van der Waals surface area contributed by atoms with Crippen LogP contribution in [0.5, 0.6) is 0 Å². The summed E-state index contributed by atoms with van der Waals surface area (Å²) in [5.74, 6) is 0.175.